The van der Waals surface area contributed by atoms with Crippen LogP contribution in [0.3, 0.4) is 0 Å². The molecular weight excluding hydrogens is 699 g/mol. The number of aromatic nitrogens is 1. The largest absolute Gasteiger partial charge is 1.00 e. The number of carbonyl (C=O) groups excluding carboxylic acids is 2. The topological polar surface area (TPSA) is 148 Å². The molecule has 1 aromatic carbocycles. The molecule has 1 fully saturated rings. The maximum Gasteiger partial charge on any atom is 0.513 e. The van der Waals surface area contributed by atoms with Crippen LogP contribution in [-0.4, -0.2) is 74.3 Å². The molecule has 2 heterocycles. The van der Waals surface area contributed by atoms with Crippen LogP contribution >= 0.6 is 24.0 Å². The molecule has 1 aromatic heterocycles. The lowest BCUT2D eigenvalue weighted by Crippen LogP contribution is -3.00. The Balaban J connectivity index is 0.00000600. The standard InChI is InChI=1S/C33H45ClN6O7.2ClH/c1-33(2,3)47-31(41)40-19-14-29(15-20-40)44-22-23-45-32(42)46-25-39-17-12-27(13-18-39)38-30(37-24-35)36-16-6-4-5-7-21-43-28-10-8-26(34)9-11-28;;/h8-13,17-18,29H,4-7,14-16,19-23,25H2,1-3H3,(H,36,37);2*1H. The van der Waals surface area contributed by atoms with Gasteiger partial charge in [-0.15, -0.1) is 12.4 Å². The Bertz CT molecular complexity index is 1310. The Morgan fingerprint density at radius 3 is 2.33 bits per heavy atom. The number of guanidine groups is 1. The van der Waals surface area contributed by atoms with Gasteiger partial charge in [0.2, 0.25) is 5.96 Å². The molecule has 1 aliphatic rings. The van der Waals surface area contributed by atoms with Crippen LogP contribution in [0.15, 0.2) is 53.8 Å². The molecule has 2 N–H and O–H groups in total. The third-order valence-corrected chi connectivity index (χ3v) is 7.07. The van der Waals surface area contributed by atoms with Gasteiger partial charge >= 0.3 is 12.2 Å². The van der Waals surface area contributed by atoms with Gasteiger partial charge in [-0.05, 0) is 77.1 Å². The molecule has 0 spiro atoms. The molecule has 1 aliphatic heterocycles. The number of halogens is 3. The van der Waals surface area contributed by atoms with E-state index in [2.05, 4.69) is 15.6 Å². The molecule has 0 saturated carbocycles. The van der Waals surface area contributed by atoms with Crippen molar-refractivity contribution in [2.24, 2.45) is 4.99 Å². The lowest BCUT2D eigenvalue weighted by atomic mass is 10.1. The van der Waals surface area contributed by atoms with Crippen LogP contribution in [0.25, 0.3) is 0 Å². The first kappa shape index (κ1) is 43.3. The van der Waals surface area contributed by atoms with E-state index in [0.29, 0.717) is 55.8 Å². The molecule has 49 heavy (non-hydrogen) atoms. The van der Waals surface area contributed by atoms with Gasteiger partial charge in [0.15, 0.2) is 18.6 Å². The van der Waals surface area contributed by atoms with Crippen LogP contribution < -0.4 is 32.3 Å². The SMILES string of the molecule is CC(C)(C)OC(=O)N1CCC(OCCOC(=O)OC[n+]2ccc(NC(=NCCCCCCOc3ccc(Cl)cc3)NC#N)cc2)CC1.Cl.[Cl-]. The first-order chi connectivity index (χ1) is 22.6. The van der Waals surface area contributed by atoms with Gasteiger partial charge in [-0.1, -0.05) is 18.0 Å². The third kappa shape index (κ3) is 18.6. The van der Waals surface area contributed by atoms with E-state index in [1.54, 1.807) is 46.1 Å². The van der Waals surface area contributed by atoms with Gasteiger partial charge in [0.25, 0.3) is 6.73 Å². The Morgan fingerprint density at radius 2 is 1.67 bits per heavy atom. The normalized spacial score (nSPS) is 13.2. The second-order valence-electron chi connectivity index (χ2n) is 11.8. The van der Waals surface area contributed by atoms with Crippen molar-refractivity contribution in [3.05, 3.63) is 53.8 Å². The summed E-state index contributed by atoms with van der Waals surface area (Å²) in [4.78, 5) is 30.3. The monoisotopic (exact) mass is 744 g/mol. The number of anilines is 1. The first-order valence-corrected chi connectivity index (χ1v) is 16.2. The summed E-state index contributed by atoms with van der Waals surface area (Å²) in [5.41, 5.74) is 0.182. The lowest BCUT2D eigenvalue weighted by Gasteiger charge is -2.33. The number of unbranched alkanes of at least 4 members (excludes halogenated alkanes) is 3. The minimum atomic E-state index is -0.801. The summed E-state index contributed by atoms with van der Waals surface area (Å²) >= 11 is 5.88. The second-order valence-corrected chi connectivity index (χ2v) is 12.3. The van der Waals surface area contributed by atoms with Crippen LogP contribution in [0.1, 0.15) is 59.3 Å². The van der Waals surface area contributed by atoms with Crippen molar-refractivity contribution >= 4 is 47.9 Å². The summed E-state index contributed by atoms with van der Waals surface area (Å²) in [5.74, 6) is 1.16. The first-order valence-electron chi connectivity index (χ1n) is 15.8. The molecular formula is C33H47Cl3N6O7. The molecule has 0 unspecified atom stereocenters. The number of carbonyl (C=O) groups is 2. The summed E-state index contributed by atoms with van der Waals surface area (Å²) in [7, 11) is 0. The Kier molecular flexibility index (Phi) is 20.9. The van der Waals surface area contributed by atoms with Gasteiger partial charge in [0, 0.05) is 36.8 Å². The number of pyridine rings is 1. The van der Waals surface area contributed by atoms with E-state index in [-0.39, 0.29) is 57.0 Å². The number of hydrogen-bond acceptors (Lipinski definition) is 9. The predicted molar refractivity (Wildman–Crippen MR) is 183 cm³/mol. The van der Waals surface area contributed by atoms with Gasteiger partial charge in [0.05, 0.1) is 25.0 Å². The van der Waals surface area contributed by atoms with Crippen molar-refractivity contribution in [1.82, 2.24) is 10.2 Å². The van der Waals surface area contributed by atoms with Gasteiger partial charge in [0.1, 0.15) is 18.0 Å². The van der Waals surface area contributed by atoms with Crippen molar-refractivity contribution in [2.45, 2.75) is 77.7 Å². The molecule has 272 valence electrons. The average molecular weight is 746 g/mol. The number of nitriles is 1. The highest BCUT2D eigenvalue weighted by atomic mass is 35.5. The zero-order chi connectivity index (χ0) is 33.9. The molecule has 3 rings (SSSR count). The predicted octanol–water partition coefficient (Wildman–Crippen LogP) is 3.06. The smallest absolute Gasteiger partial charge is 0.513 e. The van der Waals surface area contributed by atoms with Crippen molar-refractivity contribution in [3.63, 3.8) is 0 Å². The quantitative estimate of drug-likeness (QED) is 0.0531. The van der Waals surface area contributed by atoms with Crippen molar-refractivity contribution in [3.8, 4) is 11.9 Å². The molecule has 0 bridgehead atoms. The average Bonchev–Trinajstić information content (AvgIpc) is 3.04. The lowest BCUT2D eigenvalue weighted by molar-refractivity contribution is -0.727. The number of nitrogens with one attached hydrogen (secondary N) is 2. The van der Waals surface area contributed by atoms with E-state index in [4.69, 9.17) is 40.5 Å². The van der Waals surface area contributed by atoms with E-state index in [1.807, 2.05) is 39.1 Å². The maximum absolute atomic E-state index is 12.2. The third-order valence-electron chi connectivity index (χ3n) is 6.81. The highest BCUT2D eigenvalue weighted by Gasteiger charge is 2.27. The van der Waals surface area contributed by atoms with Crippen LogP contribution in [0.5, 0.6) is 5.75 Å². The van der Waals surface area contributed by atoms with E-state index in [0.717, 1.165) is 31.4 Å². The fraction of sp³-hybridized carbons (Fsp3) is 0.545. The number of ether oxygens (including phenoxy) is 5. The van der Waals surface area contributed by atoms with Crippen molar-refractivity contribution < 1.29 is 50.2 Å². The van der Waals surface area contributed by atoms with Crippen LogP contribution in [0, 0.1) is 11.5 Å². The summed E-state index contributed by atoms with van der Waals surface area (Å²) in [6.07, 6.45) is 9.41. The minimum Gasteiger partial charge on any atom is -1.00 e. The number of amides is 1. The van der Waals surface area contributed by atoms with Crippen molar-refractivity contribution in [1.29, 1.82) is 5.26 Å². The molecule has 1 amide bonds. The zero-order valence-electron chi connectivity index (χ0n) is 28.2. The number of likely N-dealkylation sites (tertiary alicyclic amines) is 1. The Morgan fingerprint density at radius 1 is 1.00 bits per heavy atom. The molecule has 2 aromatic rings. The number of piperidine rings is 1. The Hall–Kier alpha value is -3.70. The van der Waals surface area contributed by atoms with E-state index >= 15 is 0 Å². The fourth-order valence-corrected chi connectivity index (χ4v) is 4.57. The van der Waals surface area contributed by atoms with Gasteiger partial charge < -0.3 is 46.3 Å². The molecule has 0 aliphatic carbocycles. The summed E-state index contributed by atoms with van der Waals surface area (Å²) in [5, 5.41) is 15.4. The molecule has 0 radical (unpaired) electrons. The molecule has 0 atom stereocenters. The van der Waals surface area contributed by atoms with E-state index in [1.165, 1.54) is 0 Å². The zero-order valence-corrected chi connectivity index (χ0v) is 30.5. The van der Waals surface area contributed by atoms with Crippen LogP contribution in [-0.2, 0) is 25.7 Å². The minimum absolute atomic E-state index is 0. The van der Waals surface area contributed by atoms with Gasteiger partial charge in [-0.2, -0.15) is 9.83 Å². The summed E-state index contributed by atoms with van der Waals surface area (Å²) < 4.78 is 28.8. The number of hydrogen-bond donors (Lipinski definition) is 2. The number of nitrogens with zero attached hydrogens (tertiary/aromatic N) is 4. The van der Waals surface area contributed by atoms with Crippen LogP contribution in [0.2, 0.25) is 5.02 Å². The molecule has 1 saturated heterocycles. The maximum atomic E-state index is 12.2. The van der Waals surface area contributed by atoms with E-state index in [9.17, 15) is 9.59 Å². The number of aliphatic imine (C=N–C) groups is 1. The van der Waals surface area contributed by atoms with Crippen molar-refractivity contribution in [2.75, 3.05) is 44.8 Å². The van der Waals surface area contributed by atoms with Gasteiger partial charge in [-0.3, -0.25) is 10.3 Å². The van der Waals surface area contributed by atoms with Gasteiger partial charge in [-0.25, -0.2) is 9.59 Å². The summed E-state index contributed by atoms with van der Waals surface area (Å²) in [6.45, 7) is 8.11. The number of rotatable bonds is 15. The number of benzene rings is 1. The fourth-order valence-electron chi connectivity index (χ4n) is 4.45. The molecule has 16 heteroatoms. The van der Waals surface area contributed by atoms with E-state index < -0.39 is 11.8 Å². The molecule has 13 nitrogen and oxygen atoms in total. The Labute approximate surface area is 306 Å². The highest BCUT2D eigenvalue weighted by Crippen LogP contribution is 2.18. The second kappa shape index (κ2) is 23.6. The van der Waals surface area contributed by atoms with Crippen LogP contribution in [0.4, 0.5) is 15.3 Å². The highest BCUT2D eigenvalue weighted by molar-refractivity contribution is 6.30. The summed E-state index contributed by atoms with van der Waals surface area (Å²) in [6, 6.07) is 10.9.